The van der Waals surface area contributed by atoms with Crippen LogP contribution in [0, 0.1) is 20.8 Å². The van der Waals surface area contributed by atoms with Crippen molar-refractivity contribution in [2.75, 3.05) is 11.4 Å². The van der Waals surface area contributed by atoms with E-state index in [2.05, 4.69) is 0 Å². The summed E-state index contributed by atoms with van der Waals surface area (Å²) in [4.78, 5) is 14.7. The largest absolute Gasteiger partial charge is 0.464 e. The number of rotatable bonds is 4. The fraction of sp³-hybridized carbons (Fsp3) is 0.286. The van der Waals surface area contributed by atoms with Crippen LogP contribution in [0.25, 0.3) is 11.0 Å². The molecule has 25 heavy (non-hydrogen) atoms. The van der Waals surface area contributed by atoms with Crippen molar-refractivity contribution >= 4 is 34.2 Å². The number of fused-ring (bicyclic) bond motifs is 1. The van der Waals surface area contributed by atoms with Crippen molar-refractivity contribution in [2.45, 2.75) is 34.1 Å². The second-order valence-electron chi connectivity index (χ2n) is 6.42. The summed E-state index contributed by atoms with van der Waals surface area (Å²) >= 11 is 6.39. The van der Waals surface area contributed by atoms with E-state index in [4.69, 9.17) is 16.0 Å². The monoisotopic (exact) mass is 355 g/mol. The normalized spacial score (nSPS) is 11.1. The van der Waals surface area contributed by atoms with E-state index in [0.29, 0.717) is 6.54 Å². The van der Waals surface area contributed by atoms with Gasteiger partial charge in [0, 0.05) is 28.2 Å². The highest BCUT2D eigenvalue weighted by Gasteiger charge is 2.19. The van der Waals surface area contributed by atoms with Crippen molar-refractivity contribution in [1.29, 1.82) is 0 Å². The fourth-order valence-corrected chi connectivity index (χ4v) is 3.44. The predicted molar refractivity (Wildman–Crippen MR) is 104 cm³/mol. The van der Waals surface area contributed by atoms with E-state index in [9.17, 15) is 4.79 Å². The van der Waals surface area contributed by atoms with Crippen LogP contribution in [0.5, 0.6) is 0 Å². The molecule has 4 heteroatoms. The van der Waals surface area contributed by atoms with Crippen LogP contribution in [0.1, 0.15) is 29.2 Å². The number of aryl methyl sites for hydroxylation is 3. The zero-order valence-electron chi connectivity index (χ0n) is 15.0. The molecule has 3 nitrogen and oxygen atoms in total. The van der Waals surface area contributed by atoms with Crippen LogP contribution in [0.4, 0.5) is 5.69 Å². The molecule has 130 valence electrons. The Morgan fingerprint density at radius 1 is 1.20 bits per heavy atom. The van der Waals surface area contributed by atoms with Gasteiger partial charge in [0.05, 0.1) is 12.7 Å². The number of hydrogen-bond acceptors (Lipinski definition) is 2. The Hall–Kier alpha value is -2.26. The molecule has 0 aliphatic carbocycles. The van der Waals surface area contributed by atoms with Crippen molar-refractivity contribution in [2.24, 2.45) is 0 Å². The number of carbonyl (C=O) groups excluding carboxylic acids is 1. The van der Waals surface area contributed by atoms with Gasteiger partial charge in [-0.15, -0.1) is 0 Å². The Morgan fingerprint density at radius 2 is 1.96 bits per heavy atom. The summed E-state index contributed by atoms with van der Waals surface area (Å²) in [7, 11) is 0. The number of nitrogens with zero attached hydrogens (tertiary/aromatic N) is 1. The van der Waals surface area contributed by atoms with Crippen LogP contribution in [0.2, 0.25) is 5.02 Å². The topological polar surface area (TPSA) is 33.5 Å². The molecule has 1 heterocycles. The maximum Gasteiger partial charge on any atom is 0.231 e. The van der Waals surface area contributed by atoms with E-state index >= 15 is 0 Å². The first-order valence-corrected chi connectivity index (χ1v) is 8.83. The summed E-state index contributed by atoms with van der Waals surface area (Å²) in [6, 6.07) is 9.92. The molecule has 0 bridgehead atoms. The van der Waals surface area contributed by atoms with Gasteiger partial charge in [-0.2, -0.15) is 0 Å². The highest BCUT2D eigenvalue weighted by molar-refractivity contribution is 6.33. The van der Waals surface area contributed by atoms with Gasteiger partial charge in [0.25, 0.3) is 0 Å². The van der Waals surface area contributed by atoms with Crippen LogP contribution in [-0.2, 0) is 11.2 Å². The standard InChI is InChI=1S/C21H22ClNO2/c1-5-23(17-8-6-7-13(2)9-17)19(24)11-16-12-25-18-10-14(3)21(22)15(4)20(16)18/h6-10,12H,5,11H2,1-4H3. The van der Waals surface area contributed by atoms with Crippen LogP contribution >= 0.6 is 11.6 Å². The molecule has 0 aliphatic heterocycles. The van der Waals surface area contributed by atoms with E-state index < -0.39 is 0 Å². The lowest BCUT2D eigenvalue weighted by atomic mass is 10.0. The van der Waals surface area contributed by atoms with Gasteiger partial charge in [-0.05, 0) is 62.6 Å². The minimum absolute atomic E-state index is 0.0481. The molecular formula is C21H22ClNO2. The highest BCUT2D eigenvalue weighted by Crippen LogP contribution is 2.33. The summed E-state index contributed by atoms with van der Waals surface area (Å²) in [5.41, 5.74) is 5.66. The molecule has 0 saturated heterocycles. The molecule has 0 unspecified atom stereocenters. The third-order valence-corrected chi connectivity index (χ3v) is 5.15. The SMILES string of the molecule is CCN(C(=O)Cc1coc2cc(C)c(Cl)c(C)c12)c1cccc(C)c1. The number of halogens is 1. The summed E-state index contributed by atoms with van der Waals surface area (Å²) in [5.74, 6) is 0.0481. The van der Waals surface area contributed by atoms with E-state index in [1.165, 1.54) is 0 Å². The molecule has 0 saturated carbocycles. The summed E-state index contributed by atoms with van der Waals surface area (Å²) < 4.78 is 5.68. The molecule has 2 aromatic carbocycles. The Labute approximate surface area is 153 Å². The van der Waals surface area contributed by atoms with Crippen molar-refractivity contribution in [3.05, 3.63) is 63.9 Å². The number of furan rings is 1. The third-order valence-electron chi connectivity index (χ3n) is 4.57. The highest BCUT2D eigenvalue weighted by atomic mass is 35.5. The minimum atomic E-state index is 0.0481. The van der Waals surface area contributed by atoms with Gasteiger partial charge in [-0.1, -0.05) is 23.7 Å². The van der Waals surface area contributed by atoms with Crippen molar-refractivity contribution in [1.82, 2.24) is 0 Å². The van der Waals surface area contributed by atoms with Crippen LogP contribution in [0.3, 0.4) is 0 Å². The molecule has 3 aromatic rings. The average molecular weight is 356 g/mol. The maximum absolute atomic E-state index is 12.9. The molecule has 1 aromatic heterocycles. The lowest BCUT2D eigenvalue weighted by Gasteiger charge is -2.21. The van der Waals surface area contributed by atoms with Gasteiger partial charge in [0.1, 0.15) is 5.58 Å². The Bertz CT molecular complexity index is 942. The van der Waals surface area contributed by atoms with Crippen molar-refractivity contribution in [3.8, 4) is 0 Å². The van der Waals surface area contributed by atoms with Gasteiger partial charge < -0.3 is 9.32 Å². The number of likely N-dealkylation sites (N-methyl/N-ethyl adjacent to an activating group) is 1. The number of anilines is 1. The van der Waals surface area contributed by atoms with E-state index in [1.807, 2.05) is 58.0 Å². The molecule has 0 fully saturated rings. The maximum atomic E-state index is 12.9. The van der Waals surface area contributed by atoms with Crippen molar-refractivity contribution < 1.29 is 9.21 Å². The van der Waals surface area contributed by atoms with Crippen molar-refractivity contribution in [3.63, 3.8) is 0 Å². The van der Waals surface area contributed by atoms with Gasteiger partial charge >= 0.3 is 0 Å². The Kier molecular flexibility index (Phi) is 4.87. The quantitative estimate of drug-likeness (QED) is 0.609. The van der Waals surface area contributed by atoms with Crippen LogP contribution < -0.4 is 4.90 Å². The van der Waals surface area contributed by atoms with Gasteiger partial charge in [0.15, 0.2) is 0 Å². The summed E-state index contributed by atoms with van der Waals surface area (Å²) in [5, 5.41) is 1.68. The molecule has 0 spiro atoms. The molecule has 3 rings (SSSR count). The fourth-order valence-electron chi connectivity index (χ4n) is 3.30. The Balaban J connectivity index is 1.95. The summed E-state index contributed by atoms with van der Waals surface area (Å²) in [6.07, 6.45) is 1.96. The number of carbonyl (C=O) groups is 1. The van der Waals surface area contributed by atoms with Gasteiger partial charge in [-0.3, -0.25) is 4.79 Å². The average Bonchev–Trinajstić information content (AvgIpc) is 2.96. The van der Waals surface area contributed by atoms with E-state index in [0.717, 1.165) is 43.9 Å². The molecule has 0 aliphatic rings. The molecule has 1 amide bonds. The molecule has 0 atom stereocenters. The molecule has 0 radical (unpaired) electrons. The zero-order chi connectivity index (χ0) is 18.1. The first kappa shape index (κ1) is 17.6. The van der Waals surface area contributed by atoms with Gasteiger partial charge in [-0.25, -0.2) is 0 Å². The lowest BCUT2D eigenvalue weighted by Crippen LogP contribution is -2.32. The zero-order valence-corrected chi connectivity index (χ0v) is 15.8. The number of amides is 1. The first-order valence-electron chi connectivity index (χ1n) is 8.45. The Morgan fingerprint density at radius 3 is 2.64 bits per heavy atom. The molecular weight excluding hydrogens is 334 g/mol. The number of benzene rings is 2. The first-order chi connectivity index (χ1) is 11.9. The van der Waals surface area contributed by atoms with Crippen LogP contribution in [-0.4, -0.2) is 12.5 Å². The number of hydrogen-bond donors (Lipinski definition) is 0. The second-order valence-corrected chi connectivity index (χ2v) is 6.80. The second kappa shape index (κ2) is 6.93. The van der Waals surface area contributed by atoms with Crippen LogP contribution in [0.15, 0.2) is 41.0 Å². The summed E-state index contributed by atoms with van der Waals surface area (Å²) in [6.45, 7) is 8.56. The predicted octanol–water partition coefficient (Wildman–Crippen LogP) is 5.61. The lowest BCUT2D eigenvalue weighted by molar-refractivity contribution is -0.117. The third kappa shape index (κ3) is 3.29. The smallest absolute Gasteiger partial charge is 0.231 e. The molecule has 0 N–H and O–H groups in total. The van der Waals surface area contributed by atoms with E-state index in [-0.39, 0.29) is 12.3 Å². The van der Waals surface area contributed by atoms with E-state index in [1.54, 1.807) is 11.2 Å². The van der Waals surface area contributed by atoms with Gasteiger partial charge in [0.2, 0.25) is 5.91 Å². The minimum Gasteiger partial charge on any atom is -0.464 e.